The van der Waals surface area contributed by atoms with Crippen molar-refractivity contribution in [2.45, 2.75) is 32.3 Å². The van der Waals surface area contributed by atoms with Crippen LogP contribution in [0, 0.1) is 12.3 Å². The van der Waals surface area contributed by atoms with E-state index >= 15 is 0 Å². The Hall–Kier alpha value is -2.05. The second kappa shape index (κ2) is 6.69. The van der Waals surface area contributed by atoms with Crippen LogP contribution in [0.25, 0.3) is 11.4 Å². The molecule has 0 radical (unpaired) electrons. The van der Waals surface area contributed by atoms with Gasteiger partial charge in [0.2, 0.25) is 0 Å². The Balaban J connectivity index is 1.64. The summed E-state index contributed by atoms with van der Waals surface area (Å²) in [6, 6.07) is 5.93. The van der Waals surface area contributed by atoms with E-state index in [0.717, 1.165) is 62.5 Å². The van der Waals surface area contributed by atoms with Crippen LogP contribution in [-0.2, 0) is 0 Å². The van der Waals surface area contributed by atoms with Gasteiger partial charge in [0.15, 0.2) is 5.82 Å². The minimum Gasteiger partial charge on any atom is -0.392 e. The van der Waals surface area contributed by atoms with Gasteiger partial charge < -0.3 is 15.3 Å². The molecule has 0 unspecified atom stereocenters. The molecule has 25 heavy (non-hydrogen) atoms. The molecule has 1 spiro atoms. The summed E-state index contributed by atoms with van der Waals surface area (Å²) >= 11 is 0. The molecule has 0 bridgehead atoms. The highest BCUT2D eigenvalue weighted by Gasteiger charge is 2.43. The van der Waals surface area contributed by atoms with E-state index in [4.69, 9.17) is 4.98 Å². The van der Waals surface area contributed by atoms with Gasteiger partial charge in [-0.1, -0.05) is 0 Å². The van der Waals surface area contributed by atoms with Crippen LogP contribution in [0.2, 0.25) is 0 Å². The molecule has 132 valence electrons. The molecule has 2 fully saturated rings. The number of aliphatic hydroxyl groups excluding tert-OH is 1. The molecule has 2 aliphatic rings. The van der Waals surface area contributed by atoms with Crippen LogP contribution < -0.4 is 10.2 Å². The van der Waals surface area contributed by atoms with Crippen LogP contribution in [0.4, 0.5) is 5.82 Å². The topological polar surface area (TPSA) is 74.2 Å². The van der Waals surface area contributed by atoms with Crippen LogP contribution in [0.5, 0.6) is 0 Å². The standard InChI is InChI=1S/C19H25N5O/c1-14-10-17(23-18(22-14)15-4-2-7-20-11-15)24-9-3-6-19(13-24)12-21-8-5-16(19)25/h2,4,7,10-11,16,21,25H,3,5-6,8-9,12-13H2,1H3/t16-,19-/m0/s1. The highest BCUT2D eigenvalue weighted by molar-refractivity contribution is 5.57. The van der Waals surface area contributed by atoms with Gasteiger partial charge in [0.05, 0.1) is 6.10 Å². The molecule has 0 aromatic carbocycles. The molecule has 2 aromatic rings. The molecule has 2 N–H and O–H groups in total. The minimum absolute atomic E-state index is 0.0657. The number of aryl methyl sites for hydroxylation is 1. The van der Waals surface area contributed by atoms with E-state index in [1.807, 2.05) is 25.1 Å². The molecule has 0 saturated carbocycles. The molecule has 4 rings (SSSR count). The van der Waals surface area contributed by atoms with Crippen LogP contribution in [-0.4, -0.2) is 52.3 Å². The zero-order chi connectivity index (χ0) is 17.3. The van der Waals surface area contributed by atoms with Crippen molar-refractivity contribution in [3.05, 3.63) is 36.3 Å². The Labute approximate surface area is 148 Å². The van der Waals surface area contributed by atoms with E-state index in [9.17, 15) is 5.11 Å². The monoisotopic (exact) mass is 339 g/mol. The second-order valence-electron chi connectivity index (χ2n) is 7.30. The zero-order valence-electron chi connectivity index (χ0n) is 14.6. The molecular formula is C19H25N5O. The van der Waals surface area contributed by atoms with Crippen molar-refractivity contribution in [2.24, 2.45) is 5.41 Å². The maximum atomic E-state index is 10.6. The van der Waals surface area contributed by atoms with Crippen LogP contribution in [0.3, 0.4) is 0 Å². The lowest BCUT2D eigenvalue weighted by atomic mass is 9.72. The predicted octanol–water partition coefficient (Wildman–Crippen LogP) is 1.79. The molecule has 6 heteroatoms. The summed E-state index contributed by atoms with van der Waals surface area (Å²) in [6.45, 7) is 5.59. The maximum Gasteiger partial charge on any atom is 0.163 e. The summed E-state index contributed by atoms with van der Waals surface area (Å²) in [5.74, 6) is 1.66. The number of nitrogens with one attached hydrogen (secondary N) is 1. The van der Waals surface area contributed by atoms with Gasteiger partial charge in [-0.3, -0.25) is 4.98 Å². The van der Waals surface area contributed by atoms with Gasteiger partial charge in [-0.15, -0.1) is 0 Å². The van der Waals surface area contributed by atoms with Crippen molar-refractivity contribution in [3.8, 4) is 11.4 Å². The number of piperidine rings is 2. The largest absolute Gasteiger partial charge is 0.392 e. The molecule has 0 aliphatic carbocycles. The fourth-order valence-corrected chi connectivity index (χ4v) is 4.11. The summed E-state index contributed by atoms with van der Waals surface area (Å²) in [6.07, 6.45) is 6.29. The van der Waals surface area contributed by atoms with E-state index in [0.29, 0.717) is 5.82 Å². The van der Waals surface area contributed by atoms with Crippen molar-refractivity contribution >= 4 is 5.82 Å². The third-order valence-electron chi connectivity index (χ3n) is 5.47. The molecule has 0 amide bonds. The molecule has 2 atom stereocenters. The first-order valence-electron chi connectivity index (χ1n) is 9.06. The number of aliphatic hydroxyl groups is 1. The van der Waals surface area contributed by atoms with Crippen LogP contribution >= 0.6 is 0 Å². The Bertz CT molecular complexity index is 734. The lowest BCUT2D eigenvalue weighted by Gasteiger charge is -2.48. The third-order valence-corrected chi connectivity index (χ3v) is 5.47. The lowest BCUT2D eigenvalue weighted by molar-refractivity contribution is -0.0102. The van der Waals surface area contributed by atoms with E-state index in [1.165, 1.54) is 0 Å². The number of hydrogen-bond acceptors (Lipinski definition) is 6. The molecule has 2 aromatic heterocycles. The number of nitrogens with zero attached hydrogens (tertiary/aromatic N) is 4. The van der Waals surface area contributed by atoms with Crippen molar-refractivity contribution < 1.29 is 5.11 Å². The van der Waals surface area contributed by atoms with E-state index < -0.39 is 0 Å². The number of hydrogen-bond donors (Lipinski definition) is 2. The van der Waals surface area contributed by atoms with Crippen molar-refractivity contribution in [3.63, 3.8) is 0 Å². The first kappa shape index (κ1) is 16.4. The SMILES string of the molecule is Cc1cc(N2CCC[C@]3(CNCC[C@@H]3O)C2)nc(-c2cccnc2)n1. The summed E-state index contributed by atoms with van der Waals surface area (Å²) in [5, 5.41) is 14.1. The van der Waals surface area contributed by atoms with Gasteiger partial charge in [0, 0.05) is 54.8 Å². The number of aromatic nitrogens is 3. The summed E-state index contributed by atoms with van der Waals surface area (Å²) < 4.78 is 0. The smallest absolute Gasteiger partial charge is 0.163 e. The van der Waals surface area contributed by atoms with Gasteiger partial charge in [-0.2, -0.15) is 0 Å². The molecule has 6 nitrogen and oxygen atoms in total. The highest BCUT2D eigenvalue weighted by atomic mass is 16.3. The summed E-state index contributed by atoms with van der Waals surface area (Å²) in [7, 11) is 0. The van der Waals surface area contributed by atoms with Gasteiger partial charge in [0.25, 0.3) is 0 Å². The first-order chi connectivity index (χ1) is 12.2. The predicted molar refractivity (Wildman–Crippen MR) is 97.4 cm³/mol. The number of pyridine rings is 1. The Kier molecular flexibility index (Phi) is 4.39. The van der Waals surface area contributed by atoms with Gasteiger partial charge in [-0.25, -0.2) is 9.97 Å². The highest BCUT2D eigenvalue weighted by Crippen LogP contribution is 2.37. The summed E-state index contributed by atoms with van der Waals surface area (Å²) in [4.78, 5) is 15.9. The van der Waals surface area contributed by atoms with Gasteiger partial charge in [-0.05, 0) is 44.9 Å². The quantitative estimate of drug-likeness (QED) is 0.869. The molecular weight excluding hydrogens is 314 g/mol. The van der Waals surface area contributed by atoms with Crippen molar-refractivity contribution in [1.82, 2.24) is 20.3 Å². The Morgan fingerprint density at radius 3 is 3.08 bits per heavy atom. The fourth-order valence-electron chi connectivity index (χ4n) is 4.11. The molecule has 4 heterocycles. The third kappa shape index (κ3) is 3.24. The molecule has 2 saturated heterocycles. The normalized spacial score (nSPS) is 26.8. The van der Waals surface area contributed by atoms with Crippen LogP contribution in [0.1, 0.15) is 25.0 Å². The average molecular weight is 339 g/mol. The Morgan fingerprint density at radius 1 is 1.36 bits per heavy atom. The average Bonchev–Trinajstić information content (AvgIpc) is 2.65. The van der Waals surface area contributed by atoms with Gasteiger partial charge >= 0.3 is 0 Å². The van der Waals surface area contributed by atoms with E-state index in [2.05, 4.69) is 20.2 Å². The molecule has 2 aliphatic heterocycles. The van der Waals surface area contributed by atoms with Crippen molar-refractivity contribution in [2.75, 3.05) is 31.1 Å². The minimum atomic E-state index is -0.239. The second-order valence-corrected chi connectivity index (χ2v) is 7.30. The number of anilines is 1. The summed E-state index contributed by atoms with van der Waals surface area (Å²) in [5.41, 5.74) is 1.81. The number of rotatable bonds is 2. The fraction of sp³-hybridized carbons (Fsp3) is 0.526. The van der Waals surface area contributed by atoms with Crippen molar-refractivity contribution in [1.29, 1.82) is 0 Å². The maximum absolute atomic E-state index is 10.6. The van der Waals surface area contributed by atoms with E-state index in [-0.39, 0.29) is 11.5 Å². The van der Waals surface area contributed by atoms with E-state index in [1.54, 1.807) is 12.4 Å². The first-order valence-corrected chi connectivity index (χ1v) is 9.06. The van der Waals surface area contributed by atoms with Crippen LogP contribution in [0.15, 0.2) is 30.6 Å². The zero-order valence-corrected chi connectivity index (χ0v) is 14.6. The Morgan fingerprint density at radius 2 is 2.28 bits per heavy atom. The van der Waals surface area contributed by atoms with Gasteiger partial charge in [0.1, 0.15) is 5.82 Å². The lowest BCUT2D eigenvalue weighted by Crippen LogP contribution is -2.58.